The van der Waals surface area contributed by atoms with Gasteiger partial charge in [-0.1, -0.05) is 19.6 Å². The molecule has 1 saturated heterocycles. The Hall–Kier alpha value is -3.68. The molecule has 2 aliphatic rings. The molecule has 2 aromatic heterocycles. The summed E-state index contributed by atoms with van der Waals surface area (Å²) in [6.07, 6.45) is 1.52. The highest BCUT2D eigenvalue weighted by Gasteiger charge is 2.36. The summed E-state index contributed by atoms with van der Waals surface area (Å²) >= 11 is 0. The molecule has 2 unspecified atom stereocenters. The van der Waals surface area contributed by atoms with Crippen LogP contribution >= 0.6 is 0 Å². The summed E-state index contributed by atoms with van der Waals surface area (Å²) in [5, 5.41) is 22.7. The van der Waals surface area contributed by atoms with Gasteiger partial charge in [-0.2, -0.15) is 0 Å². The van der Waals surface area contributed by atoms with Crippen molar-refractivity contribution in [3.63, 3.8) is 0 Å². The number of methoxy groups -OCH3 is 1. The van der Waals surface area contributed by atoms with E-state index in [9.17, 15) is 24.2 Å². The maximum Gasteiger partial charge on any atom is 0.407 e. The number of pyridine rings is 1. The number of ether oxygens (including phenoxy) is 3. The van der Waals surface area contributed by atoms with Crippen molar-refractivity contribution in [2.45, 2.75) is 64.3 Å². The van der Waals surface area contributed by atoms with Crippen LogP contribution in [0.2, 0.25) is 25.7 Å². The van der Waals surface area contributed by atoms with E-state index in [4.69, 9.17) is 14.2 Å². The van der Waals surface area contributed by atoms with E-state index in [0.717, 1.165) is 23.8 Å². The van der Waals surface area contributed by atoms with Crippen molar-refractivity contribution in [2.24, 2.45) is 5.92 Å². The maximum absolute atomic E-state index is 14.9. The number of carbonyl (C=O) groups is 2. The summed E-state index contributed by atoms with van der Waals surface area (Å²) in [6.45, 7) is 9.64. The smallest absolute Gasteiger partial charge is 0.407 e. The molecule has 3 heterocycles. The lowest BCUT2D eigenvalue weighted by Crippen LogP contribution is -2.43. The van der Waals surface area contributed by atoms with Gasteiger partial charge in [0, 0.05) is 50.3 Å². The standard InChI is InChI=1S/C31H41FN4O7Si/c1-18-27(30(38)34-23-14-35(31(39)40)15-24(23)37)28-29(36(18)17-42-10-11-44(3,4)5)20(8-9-33-28)21-12-26(41-2)22(32)13-25(21)43-16-19-6-7-19/h8-9,12-13,19,23-24,37H,6-7,10-11,14-17H2,1-5H3,(H,34,38)(H,39,40). The topological polar surface area (TPSA) is 135 Å². The Labute approximate surface area is 256 Å². The van der Waals surface area contributed by atoms with E-state index in [1.54, 1.807) is 25.3 Å². The number of fused-ring (bicyclic) bond motifs is 1. The van der Waals surface area contributed by atoms with Crippen LogP contribution in [0.15, 0.2) is 24.4 Å². The molecule has 5 rings (SSSR count). The number of β-amino-alcohol motifs (C(OH)–C–C–N with tert-alkyl or cyclic N) is 1. The first-order chi connectivity index (χ1) is 20.9. The second kappa shape index (κ2) is 12.7. The van der Waals surface area contributed by atoms with Gasteiger partial charge in [0.1, 0.15) is 18.0 Å². The molecule has 0 bridgehead atoms. The molecule has 1 aliphatic heterocycles. The normalized spacial score (nSPS) is 18.6. The van der Waals surface area contributed by atoms with Crippen LogP contribution in [-0.4, -0.2) is 90.3 Å². The molecule has 2 fully saturated rings. The molecule has 0 spiro atoms. The number of aromatic nitrogens is 2. The summed E-state index contributed by atoms with van der Waals surface area (Å²) < 4.78 is 34.4. The average Bonchev–Trinajstić information content (AvgIpc) is 3.65. The minimum Gasteiger partial charge on any atom is -0.494 e. The Morgan fingerprint density at radius 1 is 1.16 bits per heavy atom. The summed E-state index contributed by atoms with van der Waals surface area (Å²) in [7, 11) is 0.0392. The van der Waals surface area contributed by atoms with Crippen LogP contribution in [0.4, 0.5) is 9.18 Å². The SMILES string of the molecule is COc1cc(-c2ccnc3c(C(=O)NC4CN(C(=O)O)CC4O)c(C)n(COCC[Si](C)(C)C)c23)c(OCC2CC2)cc1F. The fourth-order valence-corrected chi connectivity index (χ4v) is 6.16. The van der Waals surface area contributed by atoms with E-state index in [0.29, 0.717) is 52.7 Å². The first kappa shape index (κ1) is 31.7. The van der Waals surface area contributed by atoms with Crippen molar-refractivity contribution in [3.8, 4) is 22.6 Å². The van der Waals surface area contributed by atoms with Crippen molar-refractivity contribution >= 4 is 31.1 Å². The number of carboxylic acid groups (broad SMARTS) is 1. The molecule has 2 amide bonds. The number of nitrogens with one attached hydrogen (secondary N) is 1. The Balaban J connectivity index is 1.59. The van der Waals surface area contributed by atoms with Gasteiger partial charge >= 0.3 is 6.09 Å². The van der Waals surface area contributed by atoms with Gasteiger partial charge in [0.2, 0.25) is 0 Å². The zero-order valence-electron chi connectivity index (χ0n) is 25.9. The third-order valence-electron chi connectivity index (χ3n) is 8.23. The van der Waals surface area contributed by atoms with Gasteiger partial charge in [-0.25, -0.2) is 9.18 Å². The zero-order chi connectivity index (χ0) is 31.8. The van der Waals surface area contributed by atoms with Crippen LogP contribution in [0.1, 0.15) is 28.9 Å². The second-order valence-corrected chi connectivity index (χ2v) is 18.5. The number of hydrogen-bond acceptors (Lipinski definition) is 7. The minimum absolute atomic E-state index is 0.0323. The lowest BCUT2D eigenvalue weighted by atomic mass is 10.0. The van der Waals surface area contributed by atoms with Gasteiger partial charge in [-0.05, 0) is 43.9 Å². The van der Waals surface area contributed by atoms with Crippen LogP contribution in [0.3, 0.4) is 0 Å². The van der Waals surface area contributed by atoms with Crippen molar-refractivity contribution in [3.05, 3.63) is 41.5 Å². The van der Waals surface area contributed by atoms with Gasteiger partial charge in [0.15, 0.2) is 11.6 Å². The number of nitrogens with zero attached hydrogens (tertiary/aromatic N) is 3. The third-order valence-corrected chi connectivity index (χ3v) is 9.94. The quantitative estimate of drug-likeness (QED) is 0.194. The number of aliphatic hydroxyl groups is 1. The van der Waals surface area contributed by atoms with E-state index < -0.39 is 38.0 Å². The van der Waals surface area contributed by atoms with Gasteiger partial charge < -0.3 is 39.2 Å². The van der Waals surface area contributed by atoms with Gasteiger partial charge in [0.25, 0.3) is 5.91 Å². The molecule has 3 N–H and O–H groups in total. The summed E-state index contributed by atoms with van der Waals surface area (Å²) in [5.41, 5.74) is 3.12. The Bertz CT molecular complexity index is 1550. The molecule has 2 atom stereocenters. The first-order valence-corrected chi connectivity index (χ1v) is 18.6. The van der Waals surface area contributed by atoms with Crippen LogP contribution in [0.25, 0.3) is 22.2 Å². The van der Waals surface area contributed by atoms with Crippen molar-refractivity contribution in [1.82, 2.24) is 19.8 Å². The minimum atomic E-state index is -1.36. The number of hydrogen-bond donors (Lipinski definition) is 3. The highest BCUT2D eigenvalue weighted by atomic mass is 28.3. The summed E-state index contributed by atoms with van der Waals surface area (Å²) in [5.74, 6) is -0.173. The Morgan fingerprint density at radius 2 is 1.91 bits per heavy atom. The maximum atomic E-state index is 14.9. The highest BCUT2D eigenvalue weighted by molar-refractivity contribution is 6.76. The number of aliphatic hydroxyl groups excluding tert-OH is 1. The van der Waals surface area contributed by atoms with Gasteiger partial charge in [0.05, 0.1) is 43.5 Å². The lowest BCUT2D eigenvalue weighted by Gasteiger charge is -2.18. The highest BCUT2D eigenvalue weighted by Crippen LogP contribution is 2.41. The summed E-state index contributed by atoms with van der Waals surface area (Å²) in [6, 6.07) is 4.90. The van der Waals surface area contributed by atoms with Gasteiger partial charge in [-0.15, -0.1) is 0 Å². The molecule has 13 heteroatoms. The zero-order valence-corrected chi connectivity index (χ0v) is 26.9. The Kier molecular flexibility index (Phi) is 9.19. The third kappa shape index (κ3) is 6.84. The van der Waals surface area contributed by atoms with Gasteiger partial charge in [-0.3, -0.25) is 9.78 Å². The van der Waals surface area contributed by atoms with Crippen LogP contribution in [-0.2, 0) is 11.5 Å². The number of carbonyl (C=O) groups excluding carboxylic acids is 1. The van der Waals surface area contributed by atoms with E-state index in [1.807, 2.05) is 4.57 Å². The van der Waals surface area contributed by atoms with E-state index in [1.165, 1.54) is 13.2 Å². The van der Waals surface area contributed by atoms with E-state index in [2.05, 4.69) is 29.9 Å². The molecule has 1 aromatic carbocycles. The molecule has 44 heavy (non-hydrogen) atoms. The molecule has 11 nitrogen and oxygen atoms in total. The fraction of sp³-hybridized carbons (Fsp3) is 0.516. The molecule has 0 radical (unpaired) electrons. The monoisotopic (exact) mass is 628 g/mol. The lowest BCUT2D eigenvalue weighted by molar-refractivity contribution is 0.0865. The molecule has 1 aliphatic carbocycles. The largest absolute Gasteiger partial charge is 0.494 e. The number of benzene rings is 1. The second-order valence-electron chi connectivity index (χ2n) is 12.9. The first-order valence-electron chi connectivity index (χ1n) is 14.9. The molecule has 3 aromatic rings. The van der Waals surface area contributed by atoms with Crippen LogP contribution in [0.5, 0.6) is 11.5 Å². The van der Waals surface area contributed by atoms with Crippen molar-refractivity contribution in [2.75, 3.05) is 33.4 Å². The molecule has 238 valence electrons. The summed E-state index contributed by atoms with van der Waals surface area (Å²) in [4.78, 5) is 30.9. The molecule has 1 saturated carbocycles. The van der Waals surface area contributed by atoms with E-state index in [-0.39, 0.29) is 31.1 Å². The number of amides is 2. The average molecular weight is 629 g/mol. The Morgan fingerprint density at radius 3 is 2.55 bits per heavy atom. The van der Waals surface area contributed by atoms with Crippen LogP contribution in [0, 0.1) is 18.7 Å². The number of rotatable bonds is 12. The number of likely N-dealkylation sites (tertiary alicyclic amines) is 1. The van der Waals surface area contributed by atoms with Crippen molar-refractivity contribution in [1.29, 1.82) is 0 Å². The predicted octanol–water partition coefficient (Wildman–Crippen LogP) is 4.71. The predicted molar refractivity (Wildman–Crippen MR) is 166 cm³/mol. The van der Waals surface area contributed by atoms with Crippen LogP contribution < -0.4 is 14.8 Å². The molecular weight excluding hydrogens is 587 g/mol. The number of halogens is 1. The fourth-order valence-electron chi connectivity index (χ4n) is 5.41. The van der Waals surface area contributed by atoms with Crippen molar-refractivity contribution < 1.29 is 38.4 Å². The molecular formula is C31H41FN4O7Si. The van der Waals surface area contributed by atoms with E-state index >= 15 is 0 Å².